The van der Waals surface area contributed by atoms with E-state index in [0.29, 0.717) is 19.4 Å². The van der Waals surface area contributed by atoms with Crippen molar-refractivity contribution in [1.29, 1.82) is 0 Å². The van der Waals surface area contributed by atoms with Crippen LogP contribution in [0.15, 0.2) is 24.3 Å². The third kappa shape index (κ3) is 3.17. The maximum Gasteiger partial charge on any atom is 0.305 e. The van der Waals surface area contributed by atoms with E-state index in [1.807, 2.05) is 31.2 Å². The molecular formula is C15H17NO3S. The molecule has 0 aliphatic carbocycles. The summed E-state index contributed by atoms with van der Waals surface area (Å²) in [6, 6.07) is 7.98. The highest BCUT2D eigenvalue weighted by Gasteiger charge is 2.14. The van der Waals surface area contributed by atoms with E-state index in [1.54, 1.807) is 0 Å². The first-order valence-electron chi connectivity index (χ1n) is 6.46. The van der Waals surface area contributed by atoms with Gasteiger partial charge in [0.2, 0.25) is 0 Å². The van der Waals surface area contributed by atoms with Crippen molar-refractivity contribution in [3.8, 4) is 0 Å². The zero-order valence-electron chi connectivity index (χ0n) is 11.6. The highest BCUT2D eigenvalue weighted by atomic mass is 32.1. The van der Waals surface area contributed by atoms with Gasteiger partial charge in [0.15, 0.2) is 0 Å². The summed E-state index contributed by atoms with van der Waals surface area (Å²) in [5.74, 6) is -0.328. The van der Waals surface area contributed by atoms with E-state index in [0.717, 1.165) is 20.5 Å². The van der Waals surface area contributed by atoms with Crippen LogP contribution in [0.3, 0.4) is 0 Å². The second kappa shape index (κ2) is 6.52. The Bertz CT molecular complexity index is 633. The van der Waals surface area contributed by atoms with Crippen LogP contribution in [0.1, 0.15) is 28.1 Å². The lowest BCUT2D eigenvalue weighted by Gasteiger charge is -2.04. The Kier molecular flexibility index (Phi) is 4.74. The molecule has 4 nitrogen and oxygen atoms in total. The van der Waals surface area contributed by atoms with E-state index >= 15 is 0 Å². The minimum Gasteiger partial charge on any atom is -0.469 e. The van der Waals surface area contributed by atoms with Gasteiger partial charge in [-0.1, -0.05) is 18.2 Å². The summed E-state index contributed by atoms with van der Waals surface area (Å²) in [7, 11) is 1.36. The number of amides is 1. The first-order valence-corrected chi connectivity index (χ1v) is 7.28. The van der Waals surface area contributed by atoms with E-state index in [2.05, 4.69) is 10.1 Å². The average Bonchev–Trinajstić information content (AvgIpc) is 2.81. The van der Waals surface area contributed by atoms with Gasteiger partial charge in [-0.25, -0.2) is 0 Å². The predicted molar refractivity (Wildman–Crippen MR) is 80.1 cm³/mol. The lowest BCUT2D eigenvalue weighted by atomic mass is 10.1. The molecule has 5 heteroatoms. The zero-order chi connectivity index (χ0) is 14.5. The van der Waals surface area contributed by atoms with Crippen molar-refractivity contribution in [3.63, 3.8) is 0 Å². The number of hydrogen-bond acceptors (Lipinski definition) is 4. The predicted octanol–water partition coefficient (Wildman–Crippen LogP) is 2.89. The molecule has 1 heterocycles. The fourth-order valence-corrected chi connectivity index (χ4v) is 3.13. The standard InChI is InChI=1S/C15H17NO3S/c1-10-11-6-3-4-7-12(11)20-14(10)15(18)16-9-5-8-13(17)19-2/h3-4,6-7H,5,8-9H2,1-2H3,(H,16,18). The number of ether oxygens (including phenoxy) is 1. The highest BCUT2D eigenvalue weighted by molar-refractivity contribution is 7.21. The molecule has 2 aromatic rings. The Balaban J connectivity index is 1.98. The molecule has 0 saturated heterocycles. The summed E-state index contributed by atoms with van der Waals surface area (Å²) in [6.45, 7) is 2.43. The van der Waals surface area contributed by atoms with Gasteiger partial charge < -0.3 is 10.1 Å². The Morgan fingerprint density at radius 1 is 1.30 bits per heavy atom. The monoisotopic (exact) mass is 291 g/mol. The van der Waals surface area contributed by atoms with Crippen molar-refractivity contribution >= 4 is 33.3 Å². The zero-order valence-corrected chi connectivity index (χ0v) is 12.4. The number of esters is 1. The van der Waals surface area contributed by atoms with Crippen LogP contribution < -0.4 is 5.32 Å². The maximum atomic E-state index is 12.1. The summed E-state index contributed by atoms with van der Waals surface area (Å²) >= 11 is 1.50. The molecule has 0 atom stereocenters. The van der Waals surface area contributed by atoms with Crippen LogP contribution in [-0.4, -0.2) is 25.5 Å². The molecule has 1 N–H and O–H groups in total. The van der Waals surface area contributed by atoms with Crippen LogP contribution >= 0.6 is 11.3 Å². The maximum absolute atomic E-state index is 12.1. The van der Waals surface area contributed by atoms with Crippen molar-refractivity contribution < 1.29 is 14.3 Å². The van der Waals surface area contributed by atoms with Gasteiger partial charge in [0, 0.05) is 17.7 Å². The molecule has 1 aromatic heterocycles. The third-order valence-electron chi connectivity index (χ3n) is 3.12. The Labute approximate surface area is 121 Å². The van der Waals surface area contributed by atoms with E-state index < -0.39 is 0 Å². The number of rotatable bonds is 5. The van der Waals surface area contributed by atoms with Crippen LogP contribution in [0.5, 0.6) is 0 Å². The quantitative estimate of drug-likeness (QED) is 0.680. The van der Waals surface area contributed by atoms with Gasteiger partial charge in [0.05, 0.1) is 12.0 Å². The summed E-state index contributed by atoms with van der Waals surface area (Å²) in [5.41, 5.74) is 1.01. The SMILES string of the molecule is COC(=O)CCCNC(=O)c1sc2ccccc2c1C. The Morgan fingerprint density at radius 2 is 2.05 bits per heavy atom. The van der Waals surface area contributed by atoms with Crippen molar-refractivity contribution in [2.75, 3.05) is 13.7 Å². The number of thiophene rings is 1. The van der Waals surface area contributed by atoms with Gasteiger partial charge in [-0.3, -0.25) is 9.59 Å². The Morgan fingerprint density at radius 3 is 2.75 bits per heavy atom. The van der Waals surface area contributed by atoms with Gasteiger partial charge in [-0.05, 0) is 30.4 Å². The second-order valence-electron chi connectivity index (χ2n) is 4.49. The van der Waals surface area contributed by atoms with E-state index in [-0.39, 0.29) is 11.9 Å². The van der Waals surface area contributed by atoms with Crippen molar-refractivity contribution in [3.05, 3.63) is 34.7 Å². The summed E-state index contributed by atoms with van der Waals surface area (Å²) in [4.78, 5) is 23.8. The van der Waals surface area contributed by atoms with E-state index in [9.17, 15) is 9.59 Å². The smallest absolute Gasteiger partial charge is 0.305 e. The fourth-order valence-electron chi connectivity index (χ4n) is 2.01. The molecule has 2 rings (SSSR count). The minimum absolute atomic E-state index is 0.0754. The number of carbonyl (C=O) groups is 2. The molecular weight excluding hydrogens is 274 g/mol. The summed E-state index contributed by atoms with van der Waals surface area (Å²) in [5, 5.41) is 3.97. The third-order valence-corrected chi connectivity index (χ3v) is 4.39. The molecule has 1 amide bonds. The molecule has 0 radical (unpaired) electrons. The van der Waals surface area contributed by atoms with Gasteiger partial charge in [0.1, 0.15) is 0 Å². The number of nitrogens with one attached hydrogen (secondary N) is 1. The summed E-state index contributed by atoms with van der Waals surface area (Å²) in [6.07, 6.45) is 0.907. The number of fused-ring (bicyclic) bond motifs is 1. The van der Waals surface area contributed by atoms with Gasteiger partial charge in [-0.15, -0.1) is 11.3 Å². The largest absolute Gasteiger partial charge is 0.469 e. The van der Waals surface area contributed by atoms with Gasteiger partial charge in [-0.2, -0.15) is 0 Å². The van der Waals surface area contributed by atoms with Gasteiger partial charge in [0.25, 0.3) is 5.91 Å². The van der Waals surface area contributed by atoms with Crippen molar-refractivity contribution in [2.45, 2.75) is 19.8 Å². The summed E-state index contributed by atoms with van der Waals surface area (Å²) < 4.78 is 5.67. The van der Waals surface area contributed by atoms with Crippen LogP contribution in [0.25, 0.3) is 10.1 Å². The van der Waals surface area contributed by atoms with Crippen LogP contribution in [-0.2, 0) is 9.53 Å². The van der Waals surface area contributed by atoms with Crippen molar-refractivity contribution in [1.82, 2.24) is 5.32 Å². The molecule has 0 aliphatic rings. The molecule has 1 aromatic carbocycles. The first-order chi connectivity index (χ1) is 9.63. The van der Waals surface area contributed by atoms with Crippen LogP contribution in [0.2, 0.25) is 0 Å². The fraction of sp³-hybridized carbons (Fsp3) is 0.333. The molecule has 0 bridgehead atoms. The molecule has 106 valence electrons. The number of aryl methyl sites for hydroxylation is 1. The van der Waals surface area contributed by atoms with Crippen LogP contribution in [0, 0.1) is 6.92 Å². The highest BCUT2D eigenvalue weighted by Crippen LogP contribution is 2.30. The Hall–Kier alpha value is -1.88. The first kappa shape index (κ1) is 14.5. The average molecular weight is 291 g/mol. The van der Waals surface area contributed by atoms with Gasteiger partial charge >= 0.3 is 5.97 Å². The van der Waals surface area contributed by atoms with Crippen molar-refractivity contribution in [2.24, 2.45) is 0 Å². The molecule has 0 saturated carbocycles. The molecule has 0 aliphatic heterocycles. The topological polar surface area (TPSA) is 55.4 Å². The lowest BCUT2D eigenvalue weighted by molar-refractivity contribution is -0.140. The van der Waals surface area contributed by atoms with Crippen LogP contribution in [0.4, 0.5) is 0 Å². The minimum atomic E-state index is -0.253. The molecule has 0 fully saturated rings. The second-order valence-corrected chi connectivity index (χ2v) is 5.54. The molecule has 0 spiro atoms. The van der Waals surface area contributed by atoms with E-state index in [4.69, 9.17) is 0 Å². The van der Waals surface area contributed by atoms with E-state index in [1.165, 1.54) is 18.4 Å². The lowest BCUT2D eigenvalue weighted by Crippen LogP contribution is -2.24. The number of methoxy groups -OCH3 is 1. The number of benzene rings is 1. The molecule has 20 heavy (non-hydrogen) atoms. The number of carbonyl (C=O) groups excluding carboxylic acids is 2. The number of hydrogen-bond donors (Lipinski definition) is 1. The normalized spacial score (nSPS) is 10.5. The molecule has 0 unspecified atom stereocenters.